The SMILES string of the molecule is C=CN(C)C(=O)OC(C)c1ccc(-c2ccoc2)nc1. The molecule has 0 radical (unpaired) electrons. The Balaban J connectivity index is 2.06. The number of amides is 1. The predicted molar refractivity (Wildman–Crippen MR) is 74.8 cm³/mol. The van der Waals surface area contributed by atoms with Crippen LogP contribution >= 0.6 is 0 Å². The molecule has 0 bridgehead atoms. The number of carbonyl (C=O) groups excluding carboxylic acids is 1. The van der Waals surface area contributed by atoms with Crippen molar-refractivity contribution in [3.8, 4) is 11.3 Å². The fourth-order valence-corrected chi connectivity index (χ4v) is 1.60. The highest BCUT2D eigenvalue weighted by Gasteiger charge is 2.14. The van der Waals surface area contributed by atoms with Crippen molar-refractivity contribution in [2.45, 2.75) is 13.0 Å². The molecule has 0 aliphatic rings. The number of furan rings is 1. The quantitative estimate of drug-likeness (QED) is 0.853. The van der Waals surface area contributed by atoms with Crippen molar-refractivity contribution in [3.05, 3.63) is 55.3 Å². The van der Waals surface area contributed by atoms with E-state index in [1.807, 2.05) is 18.2 Å². The third kappa shape index (κ3) is 3.06. The molecule has 0 aliphatic heterocycles. The first-order chi connectivity index (χ1) is 9.61. The molecular weight excluding hydrogens is 256 g/mol. The van der Waals surface area contributed by atoms with Gasteiger partial charge in [0.25, 0.3) is 0 Å². The maximum atomic E-state index is 11.6. The van der Waals surface area contributed by atoms with Crippen molar-refractivity contribution >= 4 is 6.09 Å². The van der Waals surface area contributed by atoms with Gasteiger partial charge >= 0.3 is 6.09 Å². The molecule has 1 unspecified atom stereocenters. The molecule has 1 atom stereocenters. The van der Waals surface area contributed by atoms with E-state index in [-0.39, 0.29) is 6.10 Å². The maximum absolute atomic E-state index is 11.6. The van der Waals surface area contributed by atoms with Crippen molar-refractivity contribution in [2.75, 3.05) is 7.05 Å². The van der Waals surface area contributed by atoms with Crippen LogP contribution in [0.3, 0.4) is 0 Å². The van der Waals surface area contributed by atoms with E-state index in [1.54, 1.807) is 32.7 Å². The zero-order chi connectivity index (χ0) is 14.5. The van der Waals surface area contributed by atoms with Crippen LogP contribution in [-0.4, -0.2) is 23.0 Å². The highest BCUT2D eigenvalue weighted by Crippen LogP contribution is 2.21. The van der Waals surface area contributed by atoms with Gasteiger partial charge in [-0.05, 0) is 19.1 Å². The van der Waals surface area contributed by atoms with Crippen molar-refractivity contribution in [3.63, 3.8) is 0 Å². The molecule has 20 heavy (non-hydrogen) atoms. The average molecular weight is 272 g/mol. The summed E-state index contributed by atoms with van der Waals surface area (Å²) in [4.78, 5) is 17.2. The molecule has 0 spiro atoms. The third-order valence-electron chi connectivity index (χ3n) is 2.91. The van der Waals surface area contributed by atoms with Crippen LogP contribution in [0.2, 0.25) is 0 Å². The molecule has 1 amide bonds. The molecule has 2 aromatic rings. The Morgan fingerprint density at radius 2 is 2.30 bits per heavy atom. The summed E-state index contributed by atoms with van der Waals surface area (Å²) in [6.07, 6.45) is 5.48. The Morgan fingerprint density at radius 1 is 1.50 bits per heavy atom. The largest absolute Gasteiger partial charge is 0.472 e. The van der Waals surface area contributed by atoms with Gasteiger partial charge in [0.15, 0.2) is 0 Å². The lowest BCUT2D eigenvalue weighted by Gasteiger charge is -2.17. The highest BCUT2D eigenvalue weighted by atomic mass is 16.6. The Morgan fingerprint density at radius 3 is 2.85 bits per heavy atom. The topological polar surface area (TPSA) is 55.6 Å². The number of pyridine rings is 1. The number of hydrogen-bond donors (Lipinski definition) is 0. The number of aromatic nitrogens is 1. The molecule has 2 aromatic heterocycles. The van der Waals surface area contributed by atoms with Gasteiger partial charge in [-0.2, -0.15) is 0 Å². The Bertz CT molecular complexity index is 576. The molecule has 2 rings (SSSR count). The third-order valence-corrected chi connectivity index (χ3v) is 2.91. The van der Waals surface area contributed by atoms with Gasteiger partial charge in [0, 0.05) is 30.6 Å². The number of carbonyl (C=O) groups is 1. The summed E-state index contributed by atoms with van der Waals surface area (Å²) < 4.78 is 10.3. The first kappa shape index (κ1) is 13.9. The summed E-state index contributed by atoms with van der Waals surface area (Å²) in [7, 11) is 1.59. The first-order valence-electron chi connectivity index (χ1n) is 6.16. The zero-order valence-electron chi connectivity index (χ0n) is 11.4. The molecule has 104 valence electrons. The van der Waals surface area contributed by atoms with Gasteiger partial charge in [0.1, 0.15) is 6.10 Å². The average Bonchev–Trinajstić information content (AvgIpc) is 3.00. The lowest BCUT2D eigenvalue weighted by atomic mass is 10.1. The standard InChI is InChI=1S/C15H16N2O3/c1-4-17(3)15(18)20-11(2)12-5-6-14(16-9-12)13-7-8-19-10-13/h4-11H,1H2,2-3H3. The van der Waals surface area contributed by atoms with Crippen LogP contribution in [0.4, 0.5) is 4.79 Å². The molecule has 2 heterocycles. The summed E-state index contributed by atoms with van der Waals surface area (Å²) in [5.74, 6) is 0. The van der Waals surface area contributed by atoms with Gasteiger partial charge in [-0.15, -0.1) is 0 Å². The van der Waals surface area contributed by atoms with Crippen LogP contribution in [-0.2, 0) is 4.74 Å². The second kappa shape index (κ2) is 6.06. The summed E-state index contributed by atoms with van der Waals surface area (Å²) in [5, 5.41) is 0. The lowest BCUT2D eigenvalue weighted by molar-refractivity contribution is 0.0867. The summed E-state index contributed by atoms with van der Waals surface area (Å²) >= 11 is 0. The molecule has 0 fully saturated rings. The van der Waals surface area contributed by atoms with Crippen LogP contribution in [0.5, 0.6) is 0 Å². The van der Waals surface area contributed by atoms with Crippen LogP contribution < -0.4 is 0 Å². The van der Waals surface area contributed by atoms with E-state index in [4.69, 9.17) is 9.15 Å². The van der Waals surface area contributed by atoms with E-state index >= 15 is 0 Å². The number of hydrogen-bond acceptors (Lipinski definition) is 4. The number of rotatable bonds is 4. The van der Waals surface area contributed by atoms with Crippen LogP contribution in [0, 0.1) is 0 Å². The molecule has 0 saturated heterocycles. The van der Waals surface area contributed by atoms with Gasteiger partial charge < -0.3 is 9.15 Å². The fraction of sp³-hybridized carbons (Fsp3) is 0.200. The monoisotopic (exact) mass is 272 g/mol. The molecule has 5 nitrogen and oxygen atoms in total. The highest BCUT2D eigenvalue weighted by molar-refractivity contribution is 5.68. The van der Waals surface area contributed by atoms with E-state index in [1.165, 1.54) is 11.1 Å². The van der Waals surface area contributed by atoms with Gasteiger partial charge in [0.2, 0.25) is 0 Å². The van der Waals surface area contributed by atoms with Gasteiger partial charge in [-0.1, -0.05) is 12.6 Å². The minimum Gasteiger partial charge on any atom is -0.472 e. The lowest BCUT2D eigenvalue weighted by Crippen LogP contribution is -2.22. The second-order valence-corrected chi connectivity index (χ2v) is 4.31. The van der Waals surface area contributed by atoms with E-state index in [0.29, 0.717) is 0 Å². The van der Waals surface area contributed by atoms with E-state index in [2.05, 4.69) is 11.6 Å². The van der Waals surface area contributed by atoms with Crippen molar-refractivity contribution in [1.29, 1.82) is 0 Å². The predicted octanol–water partition coefficient (Wildman–Crippen LogP) is 3.61. The van der Waals surface area contributed by atoms with Gasteiger partial charge in [0.05, 0.1) is 18.2 Å². The number of ether oxygens (including phenoxy) is 1. The van der Waals surface area contributed by atoms with E-state index in [0.717, 1.165) is 16.8 Å². The van der Waals surface area contributed by atoms with Crippen LogP contribution in [0.1, 0.15) is 18.6 Å². The normalized spacial score (nSPS) is 11.7. The van der Waals surface area contributed by atoms with Gasteiger partial charge in [-0.25, -0.2) is 4.79 Å². The molecule has 0 aromatic carbocycles. The Kier molecular flexibility index (Phi) is 4.20. The number of nitrogens with zero attached hydrogens (tertiary/aromatic N) is 2. The Hall–Kier alpha value is -2.56. The Labute approximate surface area is 117 Å². The smallest absolute Gasteiger partial charge is 0.414 e. The van der Waals surface area contributed by atoms with Crippen molar-refractivity contribution in [2.24, 2.45) is 0 Å². The molecular formula is C15H16N2O3. The molecule has 0 aliphatic carbocycles. The fourth-order valence-electron chi connectivity index (χ4n) is 1.60. The summed E-state index contributed by atoms with van der Waals surface area (Å²) in [6.45, 7) is 5.30. The maximum Gasteiger partial charge on any atom is 0.414 e. The second-order valence-electron chi connectivity index (χ2n) is 4.31. The van der Waals surface area contributed by atoms with E-state index < -0.39 is 6.09 Å². The zero-order valence-corrected chi connectivity index (χ0v) is 11.4. The van der Waals surface area contributed by atoms with Crippen LogP contribution in [0.15, 0.2) is 54.1 Å². The van der Waals surface area contributed by atoms with Gasteiger partial charge in [-0.3, -0.25) is 9.88 Å². The van der Waals surface area contributed by atoms with Crippen molar-refractivity contribution in [1.82, 2.24) is 9.88 Å². The minimum atomic E-state index is -0.452. The minimum absolute atomic E-state index is 0.379. The van der Waals surface area contributed by atoms with E-state index in [9.17, 15) is 4.79 Å². The van der Waals surface area contributed by atoms with Crippen LogP contribution in [0.25, 0.3) is 11.3 Å². The molecule has 0 N–H and O–H groups in total. The molecule has 5 heteroatoms. The van der Waals surface area contributed by atoms with Crippen molar-refractivity contribution < 1.29 is 13.9 Å². The first-order valence-corrected chi connectivity index (χ1v) is 6.16. The summed E-state index contributed by atoms with van der Waals surface area (Å²) in [6, 6.07) is 5.58. The molecule has 0 saturated carbocycles. The summed E-state index contributed by atoms with van der Waals surface area (Å²) in [5.41, 5.74) is 2.54.